The number of nitrogens with zero attached hydrogens (tertiary/aromatic N) is 1. The highest BCUT2D eigenvalue weighted by Crippen LogP contribution is 2.08. The minimum Gasteiger partial charge on any atom is -0.362 e. The van der Waals surface area contributed by atoms with Crippen molar-refractivity contribution >= 4 is 39.2 Å². The zero-order valence-corrected chi connectivity index (χ0v) is 11.0. The van der Waals surface area contributed by atoms with Crippen molar-refractivity contribution in [1.82, 2.24) is 21.2 Å². The molecule has 0 aliphatic rings. The van der Waals surface area contributed by atoms with Gasteiger partial charge in [0.15, 0.2) is 5.11 Å². The molecule has 1 aromatic heterocycles. The number of rotatable bonds is 2. The molecule has 86 valence electrons. The number of amides is 1. The molecule has 0 saturated heterocycles. The molecular formula is C9H11BrN4OS. The summed E-state index contributed by atoms with van der Waals surface area (Å²) in [5.74, 6) is -0.297. The van der Waals surface area contributed by atoms with Crippen LogP contribution in [0, 0.1) is 0 Å². The number of nitrogens with one attached hydrogen (secondary N) is 3. The fraction of sp³-hybridized carbons (Fsp3) is 0.222. The lowest BCUT2D eigenvalue weighted by Gasteiger charge is -2.09. The van der Waals surface area contributed by atoms with Crippen LogP contribution in [0.15, 0.2) is 22.9 Å². The second-order valence-corrected chi connectivity index (χ2v) is 4.15. The van der Waals surface area contributed by atoms with E-state index >= 15 is 0 Å². The van der Waals surface area contributed by atoms with Gasteiger partial charge in [-0.3, -0.25) is 20.6 Å². The normalized spacial score (nSPS) is 9.38. The highest BCUT2D eigenvalue weighted by atomic mass is 79.9. The van der Waals surface area contributed by atoms with Crippen molar-refractivity contribution in [2.75, 3.05) is 6.54 Å². The summed E-state index contributed by atoms with van der Waals surface area (Å²) in [6.45, 7) is 2.61. The number of hydrogen-bond acceptors (Lipinski definition) is 3. The Morgan fingerprint density at radius 1 is 1.50 bits per heavy atom. The summed E-state index contributed by atoms with van der Waals surface area (Å²) in [5, 5.41) is 3.22. The monoisotopic (exact) mass is 302 g/mol. The van der Waals surface area contributed by atoms with Crippen LogP contribution in [0.4, 0.5) is 0 Å². The van der Waals surface area contributed by atoms with Gasteiger partial charge in [-0.25, -0.2) is 0 Å². The second kappa shape index (κ2) is 6.39. The Kier molecular flexibility index (Phi) is 5.13. The summed E-state index contributed by atoms with van der Waals surface area (Å²) in [4.78, 5) is 15.5. The minimum absolute atomic E-state index is 0.297. The van der Waals surface area contributed by atoms with Gasteiger partial charge in [0.25, 0.3) is 5.91 Å². The van der Waals surface area contributed by atoms with E-state index in [0.29, 0.717) is 17.2 Å². The Morgan fingerprint density at radius 3 is 2.88 bits per heavy atom. The maximum atomic E-state index is 11.6. The Bertz CT molecular complexity index is 399. The molecule has 0 unspecified atom stereocenters. The molecule has 1 aromatic rings. The van der Waals surface area contributed by atoms with E-state index in [1.54, 1.807) is 12.3 Å². The molecule has 0 bridgehead atoms. The van der Waals surface area contributed by atoms with Gasteiger partial charge in [0.2, 0.25) is 0 Å². The van der Waals surface area contributed by atoms with Crippen LogP contribution in [-0.4, -0.2) is 22.5 Å². The smallest absolute Gasteiger partial charge is 0.271 e. The maximum absolute atomic E-state index is 11.6. The highest BCUT2D eigenvalue weighted by molar-refractivity contribution is 9.10. The van der Waals surface area contributed by atoms with Crippen molar-refractivity contribution in [1.29, 1.82) is 0 Å². The summed E-state index contributed by atoms with van der Waals surface area (Å²) in [6.07, 6.45) is 3.07. The highest BCUT2D eigenvalue weighted by Gasteiger charge is 2.05. The predicted octanol–water partition coefficient (Wildman–Crippen LogP) is 0.973. The molecule has 0 saturated carbocycles. The SMILES string of the molecule is CCNC(=S)NNC(=O)c1cncc(Br)c1. The van der Waals surface area contributed by atoms with Crippen molar-refractivity contribution in [2.45, 2.75) is 6.92 Å². The maximum Gasteiger partial charge on any atom is 0.271 e. The summed E-state index contributed by atoms with van der Waals surface area (Å²) in [6, 6.07) is 1.67. The van der Waals surface area contributed by atoms with Crippen LogP contribution in [0.3, 0.4) is 0 Å². The van der Waals surface area contributed by atoms with E-state index in [1.165, 1.54) is 6.20 Å². The standard InChI is InChI=1S/C9H11BrN4OS/c1-2-12-9(16)14-13-8(15)6-3-7(10)5-11-4-6/h3-5H,2H2,1H3,(H,13,15)(H2,12,14,16). The Morgan fingerprint density at radius 2 is 2.25 bits per heavy atom. The first-order chi connectivity index (χ1) is 7.63. The van der Waals surface area contributed by atoms with Crippen LogP contribution >= 0.6 is 28.1 Å². The number of halogens is 1. The first-order valence-electron chi connectivity index (χ1n) is 4.58. The van der Waals surface area contributed by atoms with Gasteiger partial charge in [-0.05, 0) is 41.1 Å². The van der Waals surface area contributed by atoms with Crippen molar-refractivity contribution in [3.05, 3.63) is 28.5 Å². The molecule has 0 fully saturated rings. The third-order valence-corrected chi connectivity index (χ3v) is 2.27. The summed E-state index contributed by atoms with van der Waals surface area (Å²) in [7, 11) is 0. The van der Waals surface area contributed by atoms with E-state index < -0.39 is 0 Å². The van der Waals surface area contributed by atoms with E-state index in [1.807, 2.05) is 6.92 Å². The minimum atomic E-state index is -0.297. The molecule has 0 radical (unpaired) electrons. The summed E-state index contributed by atoms with van der Waals surface area (Å²) in [5.41, 5.74) is 5.48. The molecule has 0 aliphatic carbocycles. The molecule has 7 heteroatoms. The fourth-order valence-electron chi connectivity index (χ4n) is 0.926. The van der Waals surface area contributed by atoms with Gasteiger partial charge in [-0.2, -0.15) is 0 Å². The van der Waals surface area contributed by atoms with Crippen LogP contribution in [0.5, 0.6) is 0 Å². The van der Waals surface area contributed by atoms with Crippen LogP contribution in [-0.2, 0) is 0 Å². The average molecular weight is 303 g/mol. The average Bonchev–Trinajstić information content (AvgIpc) is 2.26. The van der Waals surface area contributed by atoms with Gasteiger partial charge in [-0.15, -0.1) is 0 Å². The third kappa shape index (κ3) is 4.11. The number of hydrazine groups is 1. The number of carbonyl (C=O) groups is 1. The molecule has 1 rings (SSSR count). The van der Waals surface area contributed by atoms with Gasteiger partial charge in [0.05, 0.1) is 5.56 Å². The molecule has 1 heterocycles. The summed E-state index contributed by atoms with van der Waals surface area (Å²) >= 11 is 8.12. The number of thiocarbonyl (C=S) groups is 1. The predicted molar refractivity (Wildman–Crippen MR) is 68.8 cm³/mol. The number of pyridine rings is 1. The van der Waals surface area contributed by atoms with Crippen LogP contribution in [0.1, 0.15) is 17.3 Å². The topological polar surface area (TPSA) is 66.0 Å². The Balaban J connectivity index is 2.50. The van der Waals surface area contributed by atoms with Gasteiger partial charge in [0.1, 0.15) is 0 Å². The van der Waals surface area contributed by atoms with E-state index in [4.69, 9.17) is 12.2 Å². The van der Waals surface area contributed by atoms with E-state index in [0.717, 1.165) is 4.47 Å². The molecule has 1 amide bonds. The Labute approximate surface area is 107 Å². The third-order valence-electron chi connectivity index (χ3n) is 1.59. The number of carbonyl (C=O) groups excluding carboxylic acids is 1. The number of aromatic nitrogens is 1. The van der Waals surface area contributed by atoms with Gasteiger partial charge < -0.3 is 5.32 Å². The molecule has 0 spiro atoms. The molecular weight excluding hydrogens is 292 g/mol. The number of hydrogen-bond donors (Lipinski definition) is 3. The van der Waals surface area contributed by atoms with E-state index in [-0.39, 0.29) is 5.91 Å². The zero-order valence-electron chi connectivity index (χ0n) is 8.58. The van der Waals surface area contributed by atoms with Crippen molar-refractivity contribution in [3.8, 4) is 0 Å². The Hall–Kier alpha value is -1.21. The van der Waals surface area contributed by atoms with E-state index in [2.05, 4.69) is 37.1 Å². The van der Waals surface area contributed by atoms with Crippen LogP contribution in [0.25, 0.3) is 0 Å². The van der Waals surface area contributed by atoms with Crippen molar-refractivity contribution < 1.29 is 4.79 Å². The lowest BCUT2D eigenvalue weighted by molar-refractivity contribution is 0.0943. The van der Waals surface area contributed by atoms with Gasteiger partial charge in [-0.1, -0.05) is 0 Å². The first kappa shape index (κ1) is 12.9. The summed E-state index contributed by atoms with van der Waals surface area (Å²) < 4.78 is 0.745. The van der Waals surface area contributed by atoms with Gasteiger partial charge in [0, 0.05) is 23.4 Å². The largest absolute Gasteiger partial charge is 0.362 e. The molecule has 0 aliphatic heterocycles. The first-order valence-corrected chi connectivity index (χ1v) is 5.78. The van der Waals surface area contributed by atoms with Crippen molar-refractivity contribution in [2.24, 2.45) is 0 Å². The molecule has 5 nitrogen and oxygen atoms in total. The molecule has 16 heavy (non-hydrogen) atoms. The van der Waals surface area contributed by atoms with Crippen LogP contribution < -0.4 is 16.2 Å². The molecule has 0 atom stereocenters. The lowest BCUT2D eigenvalue weighted by atomic mass is 10.3. The van der Waals surface area contributed by atoms with Crippen LogP contribution in [0.2, 0.25) is 0 Å². The fourth-order valence-corrected chi connectivity index (χ4v) is 1.49. The second-order valence-electron chi connectivity index (χ2n) is 2.83. The van der Waals surface area contributed by atoms with Crippen molar-refractivity contribution in [3.63, 3.8) is 0 Å². The molecule has 0 aromatic carbocycles. The lowest BCUT2D eigenvalue weighted by Crippen LogP contribution is -2.46. The van der Waals surface area contributed by atoms with Gasteiger partial charge >= 0.3 is 0 Å². The zero-order chi connectivity index (χ0) is 12.0. The van der Waals surface area contributed by atoms with E-state index in [9.17, 15) is 4.79 Å². The molecule has 3 N–H and O–H groups in total. The quantitative estimate of drug-likeness (QED) is 0.561.